The van der Waals surface area contributed by atoms with Crippen molar-refractivity contribution >= 4 is 11.8 Å². The van der Waals surface area contributed by atoms with Crippen LogP contribution >= 0.6 is 0 Å². The van der Waals surface area contributed by atoms with E-state index in [0.717, 1.165) is 11.3 Å². The van der Waals surface area contributed by atoms with Crippen molar-refractivity contribution in [3.8, 4) is 11.3 Å². The number of benzene rings is 1. The number of rotatable bonds is 6. The van der Waals surface area contributed by atoms with E-state index >= 15 is 0 Å². The van der Waals surface area contributed by atoms with Gasteiger partial charge in [0.05, 0.1) is 24.0 Å². The van der Waals surface area contributed by atoms with Crippen molar-refractivity contribution in [2.24, 2.45) is 0 Å². The monoisotopic (exact) mass is 467 g/mol. The van der Waals surface area contributed by atoms with Crippen LogP contribution in [0.5, 0.6) is 0 Å². The Labute approximate surface area is 196 Å². The van der Waals surface area contributed by atoms with Gasteiger partial charge in [0.1, 0.15) is 12.2 Å². The number of H-pyrrole nitrogens is 1. The first kappa shape index (κ1) is 23.5. The third-order valence-corrected chi connectivity index (χ3v) is 6.09. The van der Waals surface area contributed by atoms with Crippen LogP contribution in [0, 0.1) is 5.95 Å². The first-order chi connectivity index (χ1) is 16.2. The van der Waals surface area contributed by atoms with Gasteiger partial charge >= 0.3 is 0 Å². The second kappa shape index (κ2) is 9.70. The second-order valence-corrected chi connectivity index (χ2v) is 8.83. The molecule has 1 saturated heterocycles. The number of carbonyl (C=O) groups excluding carboxylic acids is 2. The van der Waals surface area contributed by atoms with Crippen LogP contribution in [0.1, 0.15) is 56.0 Å². The van der Waals surface area contributed by atoms with Crippen LogP contribution in [0.4, 0.5) is 8.78 Å². The molecule has 0 spiro atoms. The van der Waals surface area contributed by atoms with Crippen molar-refractivity contribution < 1.29 is 18.4 Å². The summed E-state index contributed by atoms with van der Waals surface area (Å²) in [5.41, 5.74) is 3.04. The summed E-state index contributed by atoms with van der Waals surface area (Å²) in [5, 5.41) is 9.76. The molecular formula is C25H27F2N5O2. The van der Waals surface area contributed by atoms with Gasteiger partial charge < -0.3 is 10.2 Å². The van der Waals surface area contributed by atoms with Crippen molar-refractivity contribution in [3.05, 3.63) is 71.4 Å². The normalized spacial score (nSPS) is 18.8. The molecule has 0 radical (unpaired) electrons. The van der Waals surface area contributed by atoms with E-state index in [0.29, 0.717) is 16.8 Å². The Bertz CT molecular complexity index is 1180. The third-order valence-electron chi connectivity index (χ3n) is 6.09. The van der Waals surface area contributed by atoms with Crippen molar-refractivity contribution in [2.45, 2.75) is 51.4 Å². The molecule has 34 heavy (non-hydrogen) atoms. The van der Waals surface area contributed by atoms with Crippen LogP contribution in [0.3, 0.4) is 0 Å². The summed E-state index contributed by atoms with van der Waals surface area (Å²) in [6.45, 7) is 4.93. The highest BCUT2D eigenvalue weighted by Gasteiger charge is 2.39. The molecule has 1 aliphatic rings. The lowest BCUT2D eigenvalue weighted by Crippen LogP contribution is -2.46. The van der Waals surface area contributed by atoms with Crippen LogP contribution in [0.15, 0.2) is 48.7 Å². The molecule has 3 heterocycles. The summed E-state index contributed by atoms with van der Waals surface area (Å²) >= 11 is 0. The zero-order chi connectivity index (χ0) is 24.4. The van der Waals surface area contributed by atoms with E-state index in [-0.39, 0.29) is 24.8 Å². The molecule has 1 aliphatic heterocycles. The number of nitrogens with one attached hydrogen (secondary N) is 2. The smallest absolute Gasteiger partial charge is 0.243 e. The standard InChI is InChI=1S/C25H27F2N5O2/c1-14(2)19-7-8-21(29-24(19)27)23(17-6-4-5-16(11-17)20-9-10-28-31-20)30-25(34)22-12-18(26)13-32(22)15(3)33/h4-11,14,18,22-23H,12-13H2,1-3H3,(H,28,31)(H,30,34)/t18-,22+,23+/m1/s1. The number of carbonyl (C=O) groups is 2. The van der Waals surface area contributed by atoms with Crippen LogP contribution in [-0.4, -0.2) is 50.7 Å². The largest absolute Gasteiger partial charge is 0.342 e. The zero-order valence-corrected chi connectivity index (χ0v) is 19.3. The Morgan fingerprint density at radius 3 is 2.65 bits per heavy atom. The number of hydrogen-bond acceptors (Lipinski definition) is 4. The van der Waals surface area contributed by atoms with Gasteiger partial charge in [0.15, 0.2) is 0 Å². The topological polar surface area (TPSA) is 91.0 Å². The Morgan fingerprint density at radius 2 is 2.00 bits per heavy atom. The molecule has 1 aromatic carbocycles. The average Bonchev–Trinajstić information content (AvgIpc) is 3.47. The van der Waals surface area contributed by atoms with Crippen molar-refractivity contribution in [1.29, 1.82) is 0 Å². The fraction of sp³-hybridized carbons (Fsp3) is 0.360. The molecule has 3 atom stereocenters. The molecule has 0 aliphatic carbocycles. The minimum absolute atomic E-state index is 0.0533. The summed E-state index contributed by atoms with van der Waals surface area (Å²) in [4.78, 5) is 30.6. The fourth-order valence-corrected chi connectivity index (χ4v) is 4.30. The summed E-state index contributed by atoms with van der Waals surface area (Å²) in [6, 6.07) is 10.8. The van der Waals surface area contributed by atoms with Crippen LogP contribution < -0.4 is 5.32 Å². The number of halogens is 2. The highest BCUT2D eigenvalue weighted by Crippen LogP contribution is 2.29. The molecule has 0 saturated carbocycles. The molecular weight excluding hydrogens is 440 g/mol. The lowest BCUT2D eigenvalue weighted by Gasteiger charge is -2.26. The first-order valence-electron chi connectivity index (χ1n) is 11.2. The lowest BCUT2D eigenvalue weighted by molar-refractivity contribution is -0.137. The number of aromatic amines is 1. The number of likely N-dealkylation sites (tertiary alicyclic amines) is 1. The van der Waals surface area contributed by atoms with E-state index < -0.39 is 30.1 Å². The van der Waals surface area contributed by atoms with Gasteiger partial charge in [0, 0.05) is 25.1 Å². The molecule has 4 rings (SSSR count). The van der Waals surface area contributed by atoms with Crippen molar-refractivity contribution in [3.63, 3.8) is 0 Å². The van der Waals surface area contributed by atoms with Gasteiger partial charge in [0.2, 0.25) is 17.8 Å². The van der Waals surface area contributed by atoms with Crippen LogP contribution in [0.2, 0.25) is 0 Å². The number of amides is 2. The second-order valence-electron chi connectivity index (χ2n) is 8.83. The predicted molar refractivity (Wildman–Crippen MR) is 123 cm³/mol. The summed E-state index contributed by atoms with van der Waals surface area (Å²) in [7, 11) is 0. The molecule has 7 nitrogen and oxygen atoms in total. The Balaban J connectivity index is 1.72. The third kappa shape index (κ3) is 4.83. The molecule has 9 heteroatoms. The maximum atomic E-state index is 14.8. The fourth-order valence-electron chi connectivity index (χ4n) is 4.30. The van der Waals surface area contributed by atoms with Gasteiger partial charge in [-0.15, -0.1) is 0 Å². The van der Waals surface area contributed by atoms with Gasteiger partial charge in [-0.3, -0.25) is 14.7 Å². The first-order valence-corrected chi connectivity index (χ1v) is 11.2. The lowest BCUT2D eigenvalue weighted by atomic mass is 9.97. The summed E-state index contributed by atoms with van der Waals surface area (Å²) in [6.07, 6.45) is 0.273. The van der Waals surface area contributed by atoms with Crippen LogP contribution in [-0.2, 0) is 9.59 Å². The van der Waals surface area contributed by atoms with Crippen molar-refractivity contribution in [1.82, 2.24) is 25.4 Å². The molecule has 3 aromatic rings. The minimum Gasteiger partial charge on any atom is -0.342 e. The highest BCUT2D eigenvalue weighted by atomic mass is 19.1. The molecule has 2 N–H and O–H groups in total. The zero-order valence-electron chi connectivity index (χ0n) is 19.3. The van der Waals surface area contributed by atoms with Gasteiger partial charge in [-0.1, -0.05) is 38.1 Å². The summed E-state index contributed by atoms with van der Waals surface area (Å²) < 4.78 is 28.9. The van der Waals surface area contributed by atoms with E-state index in [1.54, 1.807) is 24.4 Å². The Hall–Kier alpha value is -3.62. The Morgan fingerprint density at radius 1 is 1.21 bits per heavy atom. The molecule has 0 unspecified atom stereocenters. The van der Waals surface area contributed by atoms with Crippen LogP contribution in [0.25, 0.3) is 11.3 Å². The van der Waals surface area contributed by atoms with E-state index in [9.17, 15) is 18.4 Å². The SMILES string of the molecule is CC(=O)N1C[C@H](F)C[C@H]1C(=O)N[C@@H](c1cccc(-c2ccn[nH]2)c1)c1ccc(C(C)C)c(F)n1. The van der Waals surface area contributed by atoms with Gasteiger partial charge in [-0.2, -0.15) is 9.49 Å². The molecule has 0 bridgehead atoms. The highest BCUT2D eigenvalue weighted by molar-refractivity contribution is 5.88. The van der Waals surface area contributed by atoms with E-state index in [1.165, 1.54) is 11.8 Å². The molecule has 2 aromatic heterocycles. The number of aromatic nitrogens is 3. The summed E-state index contributed by atoms with van der Waals surface area (Å²) in [5.74, 6) is -1.54. The molecule has 178 valence electrons. The number of pyridine rings is 1. The van der Waals surface area contributed by atoms with E-state index in [2.05, 4.69) is 20.5 Å². The Kier molecular flexibility index (Phi) is 6.72. The van der Waals surface area contributed by atoms with Gasteiger partial charge in [-0.05, 0) is 35.2 Å². The maximum Gasteiger partial charge on any atom is 0.243 e. The predicted octanol–water partition coefficient (Wildman–Crippen LogP) is 3.90. The minimum atomic E-state index is -1.28. The molecule has 1 fully saturated rings. The van der Waals surface area contributed by atoms with Gasteiger partial charge in [-0.25, -0.2) is 9.37 Å². The number of alkyl halides is 1. The number of hydrogen-bond donors (Lipinski definition) is 2. The number of nitrogens with zero attached hydrogens (tertiary/aromatic N) is 3. The molecule has 2 amide bonds. The maximum absolute atomic E-state index is 14.8. The quantitative estimate of drug-likeness (QED) is 0.538. The van der Waals surface area contributed by atoms with Gasteiger partial charge in [0.25, 0.3) is 0 Å². The van der Waals surface area contributed by atoms with E-state index in [1.807, 2.05) is 38.1 Å². The van der Waals surface area contributed by atoms with E-state index in [4.69, 9.17) is 0 Å². The van der Waals surface area contributed by atoms with Crippen molar-refractivity contribution in [2.75, 3.05) is 6.54 Å². The average molecular weight is 468 g/mol.